The number of nitrogens with zero attached hydrogens (tertiary/aromatic N) is 1. The summed E-state index contributed by atoms with van der Waals surface area (Å²) in [7, 11) is 0. The van der Waals surface area contributed by atoms with Crippen molar-refractivity contribution in [3.05, 3.63) is 29.3 Å². The second kappa shape index (κ2) is 4.75. The fourth-order valence-electron chi connectivity index (χ4n) is 2.21. The number of hydrogen-bond donors (Lipinski definition) is 2. The van der Waals surface area contributed by atoms with Crippen LogP contribution in [-0.4, -0.2) is 31.6 Å². The normalized spacial score (nSPS) is 15.4. The number of rotatable bonds is 4. The number of carbonyl (C=O) groups is 1. The first-order valence-corrected chi connectivity index (χ1v) is 6.01. The summed E-state index contributed by atoms with van der Waals surface area (Å²) in [5.41, 5.74) is 8.16. The summed E-state index contributed by atoms with van der Waals surface area (Å²) in [5, 5.41) is 3.25. The fraction of sp³-hybridized carbons (Fsp3) is 0.462. The van der Waals surface area contributed by atoms with Gasteiger partial charge in [0.05, 0.1) is 17.3 Å². The Kier molecular flexibility index (Phi) is 3.33. The van der Waals surface area contributed by atoms with E-state index in [9.17, 15) is 4.79 Å². The molecule has 1 saturated heterocycles. The maximum atomic E-state index is 11.5. The standard InChI is InChI=1S/C13H19N3O/c1-3-16(10-7-15-8-10)12-6-9(2)4-5-11(12)13(14)17/h4-6,10,15H,3,7-8H2,1-2H3,(H2,14,17). The summed E-state index contributed by atoms with van der Waals surface area (Å²) in [5.74, 6) is -0.356. The van der Waals surface area contributed by atoms with Gasteiger partial charge in [0, 0.05) is 19.6 Å². The number of nitrogens with two attached hydrogens (primary N) is 1. The van der Waals surface area contributed by atoms with E-state index in [4.69, 9.17) is 5.73 Å². The Balaban J connectivity index is 2.39. The van der Waals surface area contributed by atoms with E-state index in [2.05, 4.69) is 17.1 Å². The highest BCUT2D eigenvalue weighted by Gasteiger charge is 2.26. The average molecular weight is 233 g/mol. The van der Waals surface area contributed by atoms with E-state index in [1.165, 1.54) is 0 Å². The van der Waals surface area contributed by atoms with Crippen LogP contribution in [0, 0.1) is 6.92 Å². The van der Waals surface area contributed by atoms with Crippen LogP contribution in [0.1, 0.15) is 22.8 Å². The topological polar surface area (TPSA) is 58.4 Å². The Morgan fingerprint density at radius 1 is 1.53 bits per heavy atom. The number of primary amides is 1. The number of anilines is 1. The number of benzene rings is 1. The van der Waals surface area contributed by atoms with Crippen LogP contribution in [0.25, 0.3) is 0 Å². The molecule has 4 heteroatoms. The number of nitrogens with one attached hydrogen (secondary N) is 1. The second-order valence-corrected chi connectivity index (χ2v) is 4.48. The van der Waals surface area contributed by atoms with Gasteiger partial charge < -0.3 is 16.0 Å². The van der Waals surface area contributed by atoms with Crippen molar-refractivity contribution in [2.75, 3.05) is 24.5 Å². The van der Waals surface area contributed by atoms with Crippen LogP contribution in [0.15, 0.2) is 18.2 Å². The first kappa shape index (κ1) is 11.9. The molecule has 1 aromatic carbocycles. The van der Waals surface area contributed by atoms with Gasteiger partial charge >= 0.3 is 0 Å². The van der Waals surface area contributed by atoms with Gasteiger partial charge in [-0.1, -0.05) is 6.07 Å². The molecule has 2 rings (SSSR count). The van der Waals surface area contributed by atoms with Crippen LogP contribution < -0.4 is 16.0 Å². The van der Waals surface area contributed by atoms with Gasteiger partial charge in [0.15, 0.2) is 0 Å². The molecule has 0 bridgehead atoms. The van der Waals surface area contributed by atoms with Gasteiger partial charge in [0.25, 0.3) is 5.91 Å². The largest absolute Gasteiger partial charge is 0.366 e. The van der Waals surface area contributed by atoms with Crippen LogP contribution in [0.4, 0.5) is 5.69 Å². The number of amides is 1. The zero-order chi connectivity index (χ0) is 12.4. The van der Waals surface area contributed by atoms with Crippen LogP contribution in [0.5, 0.6) is 0 Å². The average Bonchev–Trinajstić information content (AvgIpc) is 2.22. The van der Waals surface area contributed by atoms with Crippen molar-refractivity contribution in [1.82, 2.24) is 5.32 Å². The minimum absolute atomic E-state index is 0.356. The first-order valence-electron chi connectivity index (χ1n) is 6.01. The highest BCUT2D eigenvalue weighted by molar-refractivity contribution is 5.98. The molecule has 1 aliphatic heterocycles. The molecule has 0 saturated carbocycles. The predicted molar refractivity (Wildman–Crippen MR) is 69.4 cm³/mol. The SMILES string of the molecule is CCN(c1cc(C)ccc1C(N)=O)C1CNC1. The Labute approximate surface area is 102 Å². The summed E-state index contributed by atoms with van der Waals surface area (Å²) in [4.78, 5) is 13.7. The quantitative estimate of drug-likeness (QED) is 0.812. The lowest BCUT2D eigenvalue weighted by molar-refractivity contribution is 0.100. The molecule has 0 unspecified atom stereocenters. The molecule has 17 heavy (non-hydrogen) atoms. The third-order valence-electron chi connectivity index (χ3n) is 3.27. The Morgan fingerprint density at radius 2 is 2.24 bits per heavy atom. The molecule has 1 fully saturated rings. The number of aryl methyl sites for hydroxylation is 1. The monoisotopic (exact) mass is 233 g/mol. The van der Waals surface area contributed by atoms with Crippen molar-refractivity contribution in [1.29, 1.82) is 0 Å². The van der Waals surface area contributed by atoms with E-state index in [0.717, 1.165) is 30.9 Å². The molecular formula is C13H19N3O. The molecule has 1 heterocycles. The zero-order valence-corrected chi connectivity index (χ0v) is 10.4. The molecule has 0 aromatic heterocycles. The zero-order valence-electron chi connectivity index (χ0n) is 10.4. The highest BCUT2D eigenvalue weighted by atomic mass is 16.1. The number of hydrogen-bond acceptors (Lipinski definition) is 3. The predicted octanol–water partition coefficient (Wildman–Crippen LogP) is 0.892. The number of likely N-dealkylation sites (N-methyl/N-ethyl adjacent to an activating group) is 1. The molecule has 0 atom stereocenters. The van der Waals surface area contributed by atoms with E-state index >= 15 is 0 Å². The molecule has 1 amide bonds. The van der Waals surface area contributed by atoms with Crippen LogP contribution in [-0.2, 0) is 0 Å². The van der Waals surface area contributed by atoms with Crippen LogP contribution >= 0.6 is 0 Å². The molecule has 3 N–H and O–H groups in total. The lowest BCUT2D eigenvalue weighted by atomic mass is 10.0. The molecule has 1 aromatic rings. The lowest BCUT2D eigenvalue weighted by Gasteiger charge is -2.40. The van der Waals surface area contributed by atoms with Crippen molar-refractivity contribution in [3.8, 4) is 0 Å². The van der Waals surface area contributed by atoms with Crippen molar-refractivity contribution >= 4 is 11.6 Å². The van der Waals surface area contributed by atoms with Gasteiger partial charge in [-0.15, -0.1) is 0 Å². The van der Waals surface area contributed by atoms with Crippen molar-refractivity contribution in [2.45, 2.75) is 19.9 Å². The molecular weight excluding hydrogens is 214 g/mol. The summed E-state index contributed by atoms with van der Waals surface area (Å²) in [6.45, 7) is 6.96. The first-order chi connectivity index (χ1) is 8.13. The minimum Gasteiger partial charge on any atom is -0.366 e. The molecule has 1 aliphatic rings. The summed E-state index contributed by atoms with van der Waals surface area (Å²) >= 11 is 0. The molecule has 0 aliphatic carbocycles. The smallest absolute Gasteiger partial charge is 0.250 e. The lowest BCUT2D eigenvalue weighted by Crippen LogP contribution is -2.57. The van der Waals surface area contributed by atoms with Gasteiger partial charge in [-0.3, -0.25) is 4.79 Å². The third kappa shape index (κ3) is 2.26. The van der Waals surface area contributed by atoms with E-state index in [-0.39, 0.29) is 5.91 Å². The van der Waals surface area contributed by atoms with E-state index < -0.39 is 0 Å². The Bertz CT molecular complexity index is 427. The Hall–Kier alpha value is -1.55. The highest BCUT2D eigenvalue weighted by Crippen LogP contribution is 2.25. The summed E-state index contributed by atoms with van der Waals surface area (Å²) < 4.78 is 0. The minimum atomic E-state index is -0.356. The van der Waals surface area contributed by atoms with E-state index in [0.29, 0.717) is 11.6 Å². The van der Waals surface area contributed by atoms with Gasteiger partial charge in [0.1, 0.15) is 0 Å². The molecule has 0 spiro atoms. The second-order valence-electron chi connectivity index (χ2n) is 4.48. The Morgan fingerprint density at radius 3 is 2.71 bits per heavy atom. The molecule has 92 valence electrons. The fourth-order valence-corrected chi connectivity index (χ4v) is 2.21. The van der Waals surface area contributed by atoms with Crippen molar-refractivity contribution in [3.63, 3.8) is 0 Å². The molecule has 4 nitrogen and oxygen atoms in total. The van der Waals surface area contributed by atoms with Gasteiger partial charge in [-0.25, -0.2) is 0 Å². The third-order valence-corrected chi connectivity index (χ3v) is 3.27. The van der Waals surface area contributed by atoms with E-state index in [1.807, 2.05) is 25.1 Å². The van der Waals surface area contributed by atoms with Crippen molar-refractivity contribution < 1.29 is 4.79 Å². The molecule has 0 radical (unpaired) electrons. The maximum Gasteiger partial charge on any atom is 0.250 e. The van der Waals surface area contributed by atoms with Gasteiger partial charge in [-0.2, -0.15) is 0 Å². The van der Waals surface area contributed by atoms with Crippen molar-refractivity contribution in [2.24, 2.45) is 5.73 Å². The van der Waals surface area contributed by atoms with Gasteiger partial charge in [0.2, 0.25) is 0 Å². The summed E-state index contributed by atoms with van der Waals surface area (Å²) in [6, 6.07) is 6.26. The van der Waals surface area contributed by atoms with Crippen LogP contribution in [0.2, 0.25) is 0 Å². The maximum absolute atomic E-state index is 11.5. The van der Waals surface area contributed by atoms with Gasteiger partial charge in [-0.05, 0) is 31.5 Å². The number of carbonyl (C=O) groups excluding carboxylic acids is 1. The summed E-state index contributed by atoms with van der Waals surface area (Å²) in [6.07, 6.45) is 0. The van der Waals surface area contributed by atoms with E-state index in [1.54, 1.807) is 0 Å². The van der Waals surface area contributed by atoms with Crippen LogP contribution in [0.3, 0.4) is 0 Å².